The Kier molecular flexibility index (Phi) is 3.84. The summed E-state index contributed by atoms with van der Waals surface area (Å²) >= 11 is 0. The van der Waals surface area contributed by atoms with Crippen LogP contribution >= 0.6 is 0 Å². The summed E-state index contributed by atoms with van der Waals surface area (Å²) in [5.41, 5.74) is 6.87. The highest BCUT2D eigenvalue weighted by Crippen LogP contribution is 2.32. The maximum Gasteiger partial charge on any atom is 0.230 e. The van der Waals surface area contributed by atoms with Gasteiger partial charge in [-0.05, 0) is 26.2 Å². The molecule has 0 atom stereocenters. The molecule has 1 fully saturated rings. The fourth-order valence-corrected chi connectivity index (χ4v) is 2.56. The van der Waals surface area contributed by atoms with Crippen LogP contribution in [-0.2, 0) is 9.53 Å². The van der Waals surface area contributed by atoms with Gasteiger partial charge in [0.05, 0.1) is 5.41 Å². The first kappa shape index (κ1) is 12.6. The molecule has 2 heterocycles. The van der Waals surface area contributed by atoms with Crippen molar-refractivity contribution in [3.8, 4) is 0 Å². The molecule has 0 aromatic heterocycles. The van der Waals surface area contributed by atoms with Crippen molar-refractivity contribution >= 4 is 5.91 Å². The van der Waals surface area contributed by atoms with Gasteiger partial charge in [-0.15, -0.1) is 0 Å². The molecular weight excluding hydrogens is 216 g/mol. The van der Waals surface area contributed by atoms with Crippen LogP contribution < -0.4 is 5.73 Å². The summed E-state index contributed by atoms with van der Waals surface area (Å²) in [6, 6.07) is 0. The molecule has 0 unspecified atom stereocenters. The molecule has 1 amide bonds. The van der Waals surface area contributed by atoms with Crippen molar-refractivity contribution < 1.29 is 9.53 Å². The second-order valence-electron chi connectivity index (χ2n) is 5.15. The third-order valence-electron chi connectivity index (χ3n) is 4.02. The number of nitrogens with zero attached hydrogens (tertiary/aromatic N) is 1. The quantitative estimate of drug-likeness (QED) is 0.728. The van der Waals surface area contributed by atoms with Crippen molar-refractivity contribution in [2.75, 3.05) is 32.8 Å². The lowest BCUT2D eigenvalue weighted by Crippen LogP contribution is -2.51. The average Bonchev–Trinajstić information content (AvgIpc) is 2.39. The Bertz CT molecular complexity index is 319. The molecule has 2 aliphatic rings. The molecule has 0 spiro atoms. The highest BCUT2D eigenvalue weighted by atomic mass is 16.5. The summed E-state index contributed by atoms with van der Waals surface area (Å²) in [6.07, 6.45) is 4.66. The highest BCUT2D eigenvalue weighted by molar-refractivity contribution is 5.83. The summed E-state index contributed by atoms with van der Waals surface area (Å²) in [6.45, 7) is 5.46. The molecular formula is C13H22N2O2. The number of rotatable bonds is 2. The predicted molar refractivity (Wildman–Crippen MR) is 66.5 cm³/mol. The molecule has 4 heteroatoms. The van der Waals surface area contributed by atoms with Crippen LogP contribution in [0.5, 0.6) is 0 Å². The zero-order valence-electron chi connectivity index (χ0n) is 10.6. The second kappa shape index (κ2) is 5.19. The Morgan fingerprint density at radius 2 is 2.24 bits per heavy atom. The second-order valence-corrected chi connectivity index (χ2v) is 5.15. The van der Waals surface area contributed by atoms with Gasteiger partial charge in [-0.3, -0.25) is 4.79 Å². The van der Waals surface area contributed by atoms with E-state index in [0.717, 1.165) is 32.4 Å². The van der Waals surface area contributed by atoms with Crippen LogP contribution in [0.25, 0.3) is 0 Å². The van der Waals surface area contributed by atoms with Crippen molar-refractivity contribution in [2.24, 2.45) is 11.1 Å². The minimum atomic E-state index is -0.364. The van der Waals surface area contributed by atoms with Gasteiger partial charge in [-0.2, -0.15) is 0 Å². The van der Waals surface area contributed by atoms with E-state index in [1.165, 1.54) is 5.57 Å². The molecule has 2 N–H and O–H groups in total. The lowest BCUT2D eigenvalue weighted by Gasteiger charge is -2.39. The zero-order valence-corrected chi connectivity index (χ0v) is 10.6. The molecule has 2 rings (SSSR count). The molecule has 0 bridgehead atoms. The molecule has 2 aliphatic heterocycles. The van der Waals surface area contributed by atoms with E-state index in [-0.39, 0.29) is 11.3 Å². The van der Waals surface area contributed by atoms with Gasteiger partial charge >= 0.3 is 0 Å². The minimum Gasteiger partial charge on any atom is -0.381 e. The fourth-order valence-electron chi connectivity index (χ4n) is 2.56. The van der Waals surface area contributed by atoms with Gasteiger partial charge in [0.25, 0.3) is 0 Å². The Balaban J connectivity index is 2.07. The summed E-state index contributed by atoms with van der Waals surface area (Å²) < 4.78 is 5.34. The lowest BCUT2D eigenvalue weighted by atomic mass is 9.78. The number of amides is 1. The third-order valence-corrected chi connectivity index (χ3v) is 4.02. The largest absolute Gasteiger partial charge is 0.381 e. The van der Waals surface area contributed by atoms with E-state index in [1.807, 2.05) is 4.90 Å². The van der Waals surface area contributed by atoms with Crippen LogP contribution in [0.4, 0.5) is 0 Å². The number of carbonyl (C=O) groups is 1. The van der Waals surface area contributed by atoms with Crippen molar-refractivity contribution in [2.45, 2.75) is 26.2 Å². The molecule has 96 valence electrons. The van der Waals surface area contributed by atoms with Crippen LogP contribution in [-0.4, -0.2) is 43.7 Å². The molecule has 0 radical (unpaired) electrons. The molecule has 17 heavy (non-hydrogen) atoms. The lowest BCUT2D eigenvalue weighted by molar-refractivity contribution is -0.146. The zero-order chi connectivity index (χ0) is 12.3. The van der Waals surface area contributed by atoms with E-state index in [9.17, 15) is 4.79 Å². The third kappa shape index (κ3) is 2.53. The summed E-state index contributed by atoms with van der Waals surface area (Å²) in [5, 5.41) is 0. The standard InChI is InChI=1S/C13H22N2O2/c1-11-2-6-15(7-3-11)12(16)13(10-14)4-8-17-9-5-13/h2H,3-10,14H2,1H3. The Hall–Kier alpha value is -0.870. The maximum absolute atomic E-state index is 12.6. The van der Waals surface area contributed by atoms with Crippen LogP contribution in [0.3, 0.4) is 0 Å². The van der Waals surface area contributed by atoms with E-state index in [4.69, 9.17) is 10.5 Å². The molecule has 0 saturated carbocycles. The number of nitrogens with two attached hydrogens (primary N) is 1. The fraction of sp³-hybridized carbons (Fsp3) is 0.769. The normalized spacial score (nSPS) is 24.4. The van der Waals surface area contributed by atoms with E-state index in [2.05, 4.69) is 13.0 Å². The topological polar surface area (TPSA) is 55.6 Å². The van der Waals surface area contributed by atoms with E-state index >= 15 is 0 Å². The van der Waals surface area contributed by atoms with Crippen molar-refractivity contribution in [1.29, 1.82) is 0 Å². The predicted octanol–water partition coefficient (Wildman–Crippen LogP) is 0.920. The number of hydrogen-bond acceptors (Lipinski definition) is 3. The molecule has 0 aromatic rings. The summed E-state index contributed by atoms with van der Waals surface area (Å²) in [7, 11) is 0. The van der Waals surface area contributed by atoms with E-state index in [0.29, 0.717) is 19.8 Å². The first-order valence-electron chi connectivity index (χ1n) is 6.41. The summed E-state index contributed by atoms with van der Waals surface area (Å²) in [5.74, 6) is 0.229. The molecule has 4 nitrogen and oxygen atoms in total. The minimum absolute atomic E-state index is 0.229. The van der Waals surface area contributed by atoms with Gasteiger partial charge in [0.15, 0.2) is 0 Å². The summed E-state index contributed by atoms with van der Waals surface area (Å²) in [4.78, 5) is 14.5. The SMILES string of the molecule is CC1=CCN(C(=O)C2(CN)CCOCC2)CC1. The van der Waals surface area contributed by atoms with Gasteiger partial charge in [-0.25, -0.2) is 0 Å². The Morgan fingerprint density at radius 3 is 2.76 bits per heavy atom. The van der Waals surface area contributed by atoms with E-state index < -0.39 is 0 Å². The first-order valence-corrected chi connectivity index (χ1v) is 6.41. The van der Waals surface area contributed by atoms with Gasteiger partial charge in [-0.1, -0.05) is 11.6 Å². The van der Waals surface area contributed by atoms with Crippen molar-refractivity contribution in [3.63, 3.8) is 0 Å². The molecule has 1 saturated heterocycles. The van der Waals surface area contributed by atoms with Crippen LogP contribution in [0.15, 0.2) is 11.6 Å². The smallest absolute Gasteiger partial charge is 0.230 e. The molecule has 0 aromatic carbocycles. The van der Waals surface area contributed by atoms with Crippen LogP contribution in [0.1, 0.15) is 26.2 Å². The highest BCUT2D eigenvalue weighted by Gasteiger charge is 2.41. The maximum atomic E-state index is 12.6. The average molecular weight is 238 g/mol. The van der Waals surface area contributed by atoms with E-state index in [1.54, 1.807) is 0 Å². The molecule has 0 aliphatic carbocycles. The number of hydrogen-bond donors (Lipinski definition) is 1. The monoisotopic (exact) mass is 238 g/mol. The van der Waals surface area contributed by atoms with Gasteiger partial charge in [0, 0.05) is 32.8 Å². The van der Waals surface area contributed by atoms with Gasteiger partial charge in [0.1, 0.15) is 0 Å². The Morgan fingerprint density at radius 1 is 1.53 bits per heavy atom. The first-order chi connectivity index (χ1) is 8.18. The number of ether oxygens (including phenoxy) is 1. The van der Waals surface area contributed by atoms with Crippen molar-refractivity contribution in [3.05, 3.63) is 11.6 Å². The van der Waals surface area contributed by atoms with Crippen molar-refractivity contribution in [1.82, 2.24) is 4.90 Å². The Labute approximate surface area is 103 Å². The van der Waals surface area contributed by atoms with Crippen LogP contribution in [0, 0.1) is 5.41 Å². The number of carbonyl (C=O) groups excluding carboxylic acids is 1. The van der Waals surface area contributed by atoms with Gasteiger partial charge < -0.3 is 15.4 Å². The van der Waals surface area contributed by atoms with Crippen LogP contribution in [0.2, 0.25) is 0 Å². The van der Waals surface area contributed by atoms with Gasteiger partial charge in [0.2, 0.25) is 5.91 Å².